The quantitative estimate of drug-likeness (QED) is 0.584. The largest absolute Gasteiger partial charge is 0.452 e. The molecule has 1 atom stereocenters. The fraction of sp³-hybridized carbons (Fsp3) is 0.476. The van der Waals surface area contributed by atoms with Crippen molar-refractivity contribution in [1.82, 2.24) is 15.0 Å². The van der Waals surface area contributed by atoms with Gasteiger partial charge >= 0.3 is 5.97 Å². The minimum absolute atomic E-state index is 0.113. The first-order valence-corrected chi connectivity index (χ1v) is 10.2. The van der Waals surface area contributed by atoms with Crippen molar-refractivity contribution in [3.63, 3.8) is 0 Å². The first kappa shape index (κ1) is 21.0. The van der Waals surface area contributed by atoms with E-state index in [1.54, 1.807) is 24.3 Å². The average molecular weight is 428 g/mol. The summed E-state index contributed by atoms with van der Waals surface area (Å²) in [5.74, 6) is -0.614. The Morgan fingerprint density at radius 3 is 2.87 bits per heavy atom. The van der Waals surface area contributed by atoms with Gasteiger partial charge in [-0.15, -0.1) is 0 Å². The van der Waals surface area contributed by atoms with Crippen LogP contribution in [0.2, 0.25) is 0 Å². The number of methoxy groups -OCH3 is 1. The van der Waals surface area contributed by atoms with Crippen LogP contribution in [0.3, 0.4) is 0 Å². The molecular formula is C21H24N4O6. The van der Waals surface area contributed by atoms with Crippen molar-refractivity contribution in [2.45, 2.75) is 44.9 Å². The van der Waals surface area contributed by atoms with Crippen LogP contribution in [0.4, 0.5) is 5.69 Å². The van der Waals surface area contributed by atoms with E-state index in [1.807, 2.05) is 6.92 Å². The van der Waals surface area contributed by atoms with Gasteiger partial charge in [0.25, 0.3) is 11.8 Å². The van der Waals surface area contributed by atoms with E-state index in [-0.39, 0.29) is 50.3 Å². The lowest BCUT2D eigenvalue weighted by Crippen LogP contribution is -2.68. The number of ether oxygens (including phenoxy) is 2. The van der Waals surface area contributed by atoms with E-state index in [1.165, 1.54) is 16.9 Å². The van der Waals surface area contributed by atoms with Crippen LogP contribution < -0.4 is 4.90 Å². The summed E-state index contributed by atoms with van der Waals surface area (Å²) in [4.78, 5) is 46.6. The van der Waals surface area contributed by atoms with Crippen LogP contribution in [0.25, 0.3) is 0 Å². The highest BCUT2D eigenvalue weighted by Crippen LogP contribution is 2.45. The van der Waals surface area contributed by atoms with Crippen LogP contribution in [-0.2, 0) is 32.1 Å². The molecule has 4 rings (SSSR count). The van der Waals surface area contributed by atoms with E-state index >= 15 is 0 Å². The molecule has 0 radical (unpaired) electrons. The molecule has 2 amide bonds. The van der Waals surface area contributed by atoms with Gasteiger partial charge in [-0.3, -0.25) is 14.5 Å². The zero-order chi connectivity index (χ0) is 22.0. The van der Waals surface area contributed by atoms with Gasteiger partial charge in [0.1, 0.15) is 0 Å². The molecule has 2 aliphatic heterocycles. The number of para-hydroxylation sites is 1. The Hall–Kier alpha value is -3.27. The van der Waals surface area contributed by atoms with Crippen LogP contribution in [0.15, 0.2) is 28.8 Å². The molecule has 10 nitrogen and oxygen atoms in total. The lowest BCUT2D eigenvalue weighted by molar-refractivity contribution is -0.159. The number of carbonyl (C=O) groups excluding carboxylic acids is 3. The molecule has 0 bridgehead atoms. The third kappa shape index (κ3) is 3.46. The van der Waals surface area contributed by atoms with Gasteiger partial charge in [-0.1, -0.05) is 24.2 Å². The van der Waals surface area contributed by atoms with Crippen LogP contribution >= 0.6 is 0 Å². The first-order valence-electron chi connectivity index (χ1n) is 10.2. The van der Waals surface area contributed by atoms with Crippen LogP contribution in [-0.4, -0.2) is 58.7 Å². The van der Waals surface area contributed by atoms with Gasteiger partial charge in [-0.2, -0.15) is 4.98 Å². The van der Waals surface area contributed by atoms with E-state index in [0.29, 0.717) is 23.5 Å². The lowest BCUT2D eigenvalue weighted by Gasteiger charge is -2.48. The number of aryl methyl sites for hydroxylation is 1. The second kappa shape index (κ2) is 8.46. The summed E-state index contributed by atoms with van der Waals surface area (Å²) >= 11 is 0. The predicted octanol–water partition coefficient (Wildman–Crippen LogP) is 1.69. The van der Waals surface area contributed by atoms with E-state index in [0.717, 1.165) is 6.42 Å². The number of nitrogens with zero attached hydrogens (tertiary/aromatic N) is 4. The fourth-order valence-corrected chi connectivity index (χ4v) is 4.15. The van der Waals surface area contributed by atoms with Crippen molar-refractivity contribution in [2.24, 2.45) is 0 Å². The van der Waals surface area contributed by atoms with Crippen molar-refractivity contribution in [2.75, 3.05) is 25.2 Å². The summed E-state index contributed by atoms with van der Waals surface area (Å²) in [5, 5.41) is 3.85. The number of hydrogen-bond acceptors (Lipinski definition) is 8. The number of rotatable bonds is 8. The van der Waals surface area contributed by atoms with Crippen LogP contribution in [0.5, 0.6) is 0 Å². The minimum atomic E-state index is -1.58. The third-order valence-corrected chi connectivity index (χ3v) is 5.53. The van der Waals surface area contributed by atoms with E-state index in [9.17, 15) is 14.4 Å². The third-order valence-electron chi connectivity index (χ3n) is 5.53. The standard InChI is InChI=1S/C21H24N4O6/c1-3-6-16-22-17(31-23-16)13-30-20(28)21-10-9-18(26)25(21)15-8-5-4-7-14(15)19(27)24(21)11-12-29-2/h4-5,7-8H,3,6,9-13H2,1-2H3. The zero-order valence-corrected chi connectivity index (χ0v) is 17.5. The maximum absolute atomic E-state index is 13.4. The number of benzene rings is 1. The van der Waals surface area contributed by atoms with Gasteiger partial charge in [0.15, 0.2) is 12.4 Å². The Morgan fingerprint density at radius 1 is 1.29 bits per heavy atom. The maximum atomic E-state index is 13.4. The van der Waals surface area contributed by atoms with Crippen molar-refractivity contribution >= 4 is 23.5 Å². The summed E-state index contributed by atoms with van der Waals surface area (Å²) < 4.78 is 15.8. The normalized spacial score (nSPS) is 20.1. The van der Waals surface area contributed by atoms with Gasteiger partial charge in [0.05, 0.1) is 17.9 Å². The molecule has 2 aromatic rings. The molecule has 1 unspecified atom stereocenters. The molecule has 1 saturated heterocycles. The molecule has 1 aromatic carbocycles. The molecule has 164 valence electrons. The Kier molecular flexibility index (Phi) is 5.73. The summed E-state index contributed by atoms with van der Waals surface area (Å²) in [7, 11) is 1.51. The monoisotopic (exact) mass is 428 g/mol. The summed E-state index contributed by atoms with van der Waals surface area (Å²) in [5.41, 5.74) is -0.810. The van der Waals surface area contributed by atoms with Gasteiger partial charge in [0.2, 0.25) is 11.6 Å². The number of fused-ring (bicyclic) bond motifs is 3. The molecule has 0 spiro atoms. The van der Waals surface area contributed by atoms with Crippen LogP contribution in [0.1, 0.15) is 48.3 Å². The number of anilines is 1. The first-order chi connectivity index (χ1) is 15.0. The molecule has 1 fully saturated rings. The number of hydrogen-bond donors (Lipinski definition) is 0. The summed E-state index contributed by atoms with van der Waals surface area (Å²) in [6.07, 6.45) is 1.75. The Bertz CT molecular complexity index is 1010. The van der Waals surface area contributed by atoms with Crippen molar-refractivity contribution in [3.8, 4) is 0 Å². The van der Waals surface area contributed by atoms with Crippen LogP contribution in [0, 0.1) is 0 Å². The van der Waals surface area contributed by atoms with Crippen molar-refractivity contribution in [1.29, 1.82) is 0 Å². The highest BCUT2D eigenvalue weighted by atomic mass is 16.6. The van der Waals surface area contributed by atoms with Gasteiger partial charge < -0.3 is 18.9 Å². The number of esters is 1. The van der Waals surface area contributed by atoms with E-state index in [4.69, 9.17) is 14.0 Å². The average Bonchev–Trinajstić information content (AvgIpc) is 3.37. The molecule has 2 aliphatic rings. The van der Waals surface area contributed by atoms with E-state index < -0.39 is 11.6 Å². The summed E-state index contributed by atoms with van der Waals surface area (Å²) in [6.45, 7) is 2.08. The zero-order valence-electron chi connectivity index (χ0n) is 17.5. The fourth-order valence-electron chi connectivity index (χ4n) is 4.15. The SMILES string of the molecule is CCCc1noc(COC(=O)C23CCC(=O)N2c2ccccc2C(=O)N3CCOC)n1. The summed E-state index contributed by atoms with van der Waals surface area (Å²) in [6, 6.07) is 6.76. The topological polar surface area (TPSA) is 115 Å². The number of amides is 2. The molecule has 1 aromatic heterocycles. The molecule has 0 saturated carbocycles. The Labute approximate surface area is 179 Å². The minimum Gasteiger partial charge on any atom is -0.452 e. The van der Waals surface area contributed by atoms with Gasteiger partial charge in [0, 0.05) is 32.9 Å². The van der Waals surface area contributed by atoms with Gasteiger partial charge in [-0.25, -0.2) is 4.79 Å². The molecule has 0 N–H and O–H groups in total. The second-order valence-electron chi connectivity index (χ2n) is 7.44. The predicted molar refractivity (Wildman–Crippen MR) is 107 cm³/mol. The Morgan fingerprint density at radius 2 is 2.10 bits per heavy atom. The molecule has 0 aliphatic carbocycles. The maximum Gasteiger partial charge on any atom is 0.354 e. The smallest absolute Gasteiger partial charge is 0.354 e. The van der Waals surface area contributed by atoms with E-state index in [2.05, 4.69) is 10.1 Å². The molecule has 10 heteroatoms. The number of aromatic nitrogens is 2. The lowest BCUT2D eigenvalue weighted by atomic mass is 9.96. The molecule has 31 heavy (non-hydrogen) atoms. The second-order valence-corrected chi connectivity index (χ2v) is 7.44. The highest BCUT2D eigenvalue weighted by Gasteiger charge is 2.61. The van der Waals surface area contributed by atoms with Crippen molar-refractivity contribution < 1.29 is 28.4 Å². The highest BCUT2D eigenvalue weighted by molar-refractivity contribution is 6.15. The molecule has 3 heterocycles. The van der Waals surface area contributed by atoms with Gasteiger partial charge in [-0.05, 0) is 18.6 Å². The Balaban J connectivity index is 1.68. The van der Waals surface area contributed by atoms with Crippen molar-refractivity contribution in [3.05, 3.63) is 41.5 Å². The number of carbonyl (C=O) groups is 3. The molecular weight excluding hydrogens is 404 g/mol.